The zero-order valence-electron chi connectivity index (χ0n) is 18.2. The van der Waals surface area contributed by atoms with Crippen molar-refractivity contribution in [2.45, 2.75) is 25.7 Å². The molecule has 0 unspecified atom stereocenters. The zero-order valence-corrected chi connectivity index (χ0v) is 18.2. The van der Waals surface area contributed by atoms with E-state index in [0.717, 1.165) is 72.9 Å². The Balaban J connectivity index is 1.57. The molecule has 0 aliphatic carbocycles. The minimum atomic E-state index is -0.271. The number of piperidine rings is 1. The standard InChI is InChI=1S/C24H27FN6O/c1-16-20(14-27-23(29-16)18-6-8-26-9-7-18)22-21(17-2-4-19(25)5-3-17)15-28-24(30-22)31-10-12-32-13-11-31/h2-5,14-15,18,26H,6-13H2,1H3. The number of aryl methyl sites for hydroxylation is 1. The van der Waals surface area contributed by atoms with E-state index in [1.807, 2.05) is 19.3 Å². The van der Waals surface area contributed by atoms with Crippen LogP contribution in [0.4, 0.5) is 10.3 Å². The Hall–Kier alpha value is -2.97. The summed E-state index contributed by atoms with van der Waals surface area (Å²) in [6, 6.07) is 6.42. The number of benzene rings is 1. The SMILES string of the molecule is Cc1nc(C2CCNCC2)ncc1-c1nc(N2CCOCC2)ncc1-c1ccc(F)cc1. The number of anilines is 1. The third-order valence-corrected chi connectivity index (χ3v) is 6.18. The molecule has 0 saturated carbocycles. The van der Waals surface area contributed by atoms with E-state index < -0.39 is 0 Å². The van der Waals surface area contributed by atoms with Gasteiger partial charge in [-0.25, -0.2) is 24.3 Å². The van der Waals surface area contributed by atoms with Crippen LogP contribution in [0.2, 0.25) is 0 Å². The summed E-state index contributed by atoms with van der Waals surface area (Å²) in [6.07, 6.45) is 5.81. The molecule has 8 heteroatoms. The van der Waals surface area contributed by atoms with Crippen LogP contribution in [0.5, 0.6) is 0 Å². The van der Waals surface area contributed by atoms with Gasteiger partial charge in [-0.05, 0) is 50.6 Å². The van der Waals surface area contributed by atoms with Gasteiger partial charge in [0, 0.05) is 42.5 Å². The molecule has 4 heterocycles. The lowest BCUT2D eigenvalue weighted by Gasteiger charge is -2.27. The van der Waals surface area contributed by atoms with Crippen LogP contribution in [0.1, 0.15) is 30.3 Å². The van der Waals surface area contributed by atoms with E-state index in [4.69, 9.17) is 19.7 Å². The summed E-state index contributed by atoms with van der Waals surface area (Å²) in [7, 11) is 0. The molecule has 2 aliphatic heterocycles. The molecule has 7 nitrogen and oxygen atoms in total. The van der Waals surface area contributed by atoms with Crippen molar-refractivity contribution in [3.8, 4) is 22.4 Å². The smallest absolute Gasteiger partial charge is 0.226 e. The predicted octanol–water partition coefficient (Wildman–Crippen LogP) is 3.35. The van der Waals surface area contributed by atoms with Crippen LogP contribution in [0.3, 0.4) is 0 Å². The second-order valence-corrected chi connectivity index (χ2v) is 8.29. The number of ether oxygens (including phenoxy) is 1. The minimum Gasteiger partial charge on any atom is -0.378 e. The molecule has 1 N–H and O–H groups in total. The second-order valence-electron chi connectivity index (χ2n) is 8.29. The third kappa shape index (κ3) is 4.33. The highest BCUT2D eigenvalue weighted by Crippen LogP contribution is 2.33. The molecule has 2 saturated heterocycles. The Labute approximate surface area is 187 Å². The monoisotopic (exact) mass is 434 g/mol. The topological polar surface area (TPSA) is 76.1 Å². The number of rotatable bonds is 4. The number of morpholine rings is 1. The van der Waals surface area contributed by atoms with E-state index in [2.05, 4.69) is 15.2 Å². The van der Waals surface area contributed by atoms with Crippen LogP contribution in [0, 0.1) is 12.7 Å². The zero-order chi connectivity index (χ0) is 21.9. The molecule has 0 atom stereocenters. The fraction of sp³-hybridized carbons (Fsp3) is 0.417. The fourth-order valence-corrected chi connectivity index (χ4v) is 4.33. The van der Waals surface area contributed by atoms with Crippen LogP contribution in [0.15, 0.2) is 36.7 Å². The van der Waals surface area contributed by atoms with E-state index in [1.165, 1.54) is 12.1 Å². The summed E-state index contributed by atoms with van der Waals surface area (Å²) in [6.45, 7) is 6.82. The number of halogens is 1. The predicted molar refractivity (Wildman–Crippen MR) is 121 cm³/mol. The number of aromatic nitrogens is 4. The summed E-state index contributed by atoms with van der Waals surface area (Å²) in [5, 5.41) is 3.39. The van der Waals surface area contributed by atoms with Crippen molar-refractivity contribution in [2.75, 3.05) is 44.3 Å². The summed E-state index contributed by atoms with van der Waals surface area (Å²) >= 11 is 0. The largest absolute Gasteiger partial charge is 0.378 e. The maximum absolute atomic E-state index is 13.5. The molecule has 0 bridgehead atoms. The van der Waals surface area contributed by atoms with Gasteiger partial charge in [-0.2, -0.15) is 0 Å². The maximum Gasteiger partial charge on any atom is 0.226 e. The van der Waals surface area contributed by atoms with E-state index in [1.54, 1.807) is 12.1 Å². The van der Waals surface area contributed by atoms with Gasteiger partial charge in [-0.3, -0.25) is 0 Å². The van der Waals surface area contributed by atoms with Crippen molar-refractivity contribution in [1.82, 2.24) is 25.3 Å². The molecule has 5 rings (SSSR count). The number of hydrogen-bond donors (Lipinski definition) is 1. The van der Waals surface area contributed by atoms with Crippen molar-refractivity contribution < 1.29 is 9.13 Å². The molecule has 3 aromatic rings. The summed E-state index contributed by atoms with van der Waals surface area (Å²) in [4.78, 5) is 21.3. The molecule has 1 aromatic carbocycles. The van der Waals surface area contributed by atoms with Gasteiger partial charge < -0.3 is 15.0 Å². The molecule has 32 heavy (non-hydrogen) atoms. The average molecular weight is 435 g/mol. The van der Waals surface area contributed by atoms with Gasteiger partial charge >= 0.3 is 0 Å². The van der Waals surface area contributed by atoms with Crippen LogP contribution in [-0.4, -0.2) is 59.3 Å². The lowest BCUT2D eigenvalue weighted by Crippen LogP contribution is -2.37. The van der Waals surface area contributed by atoms with Crippen LogP contribution < -0.4 is 10.2 Å². The Bertz CT molecular complexity index is 1080. The summed E-state index contributed by atoms with van der Waals surface area (Å²) in [5.74, 6) is 1.68. The van der Waals surface area contributed by atoms with E-state index in [-0.39, 0.29) is 5.82 Å². The summed E-state index contributed by atoms with van der Waals surface area (Å²) < 4.78 is 19.0. The van der Waals surface area contributed by atoms with Gasteiger partial charge in [0.2, 0.25) is 5.95 Å². The number of hydrogen-bond acceptors (Lipinski definition) is 7. The number of nitrogens with zero attached hydrogens (tertiary/aromatic N) is 5. The quantitative estimate of drug-likeness (QED) is 0.675. The Morgan fingerprint density at radius 2 is 1.69 bits per heavy atom. The van der Waals surface area contributed by atoms with Crippen molar-refractivity contribution in [1.29, 1.82) is 0 Å². The Morgan fingerprint density at radius 3 is 2.41 bits per heavy atom. The molecule has 2 aliphatic rings. The Morgan fingerprint density at radius 1 is 0.969 bits per heavy atom. The van der Waals surface area contributed by atoms with Gasteiger partial charge in [-0.1, -0.05) is 12.1 Å². The van der Waals surface area contributed by atoms with Gasteiger partial charge in [0.25, 0.3) is 0 Å². The lowest BCUT2D eigenvalue weighted by atomic mass is 9.96. The molecule has 0 amide bonds. The molecule has 2 aromatic heterocycles. The van der Waals surface area contributed by atoms with E-state index in [9.17, 15) is 4.39 Å². The Kier molecular flexibility index (Phi) is 6.05. The minimum absolute atomic E-state index is 0.271. The first kappa shape index (κ1) is 20.9. The second kappa shape index (κ2) is 9.26. The van der Waals surface area contributed by atoms with E-state index in [0.29, 0.717) is 25.1 Å². The van der Waals surface area contributed by atoms with Crippen molar-refractivity contribution in [3.05, 3.63) is 54.0 Å². The molecular formula is C24H27FN6O. The molecule has 0 radical (unpaired) electrons. The molecular weight excluding hydrogens is 407 g/mol. The normalized spacial score (nSPS) is 17.5. The van der Waals surface area contributed by atoms with Crippen molar-refractivity contribution in [2.24, 2.45) is 0 Å². The maximum atomic E-state index is 13.5. The van der Waals surface area contributed by atoms with Crippen LogP contribution in [-0.2, 0) is 4.74 Å². The number of nitrogens with one attached hydrogen (secondary N) is 1. The first-order valence-corrected chi connectivity index (χ1v) is 11.2. The van der Waals surface area contributed by atoms with Gasteiger partial charge in [-0.15, -0.1) is 0 Å². The summed E-state index contributed by atoms with van der Waals surface area (Å²) in [5.41, 5.74) is 4.23. The first-order valence-electron chi connectivity index (χ1n) is 11.2. The average Bonchev–Trinajstić information content (AvgIpc) is 2.85. The highest BCUT2D eigenvalue weighted by molar-refractivity contribution is 5.81. The molecule has 2 fully saturated rings. The lowest BCUT2D eigenvalue weighted by molar-refractivity contribution is 0.122. The van der Waals surface area contributed by atoms with Gasteiger partial charge in [0.15, 0.2) is 0 Å². The first-order chi connectivity index (χ1) is 15.7. The highest BCUT2D eigenvalue weighted by atomic mass is 19.1. The van der Waals surface area contributed by atoms with Crippen molar-refractivity contribution in [3.63, 3.8) is 0 Å². The van der Waals surface area contributed by atoms with Gasteiger partial charge in [0.05, 0.1) is 24.6 Å². The van der Waals surface area contributed by atoms with Crippen molar-refractivity contribution >= 4 is 5.95 Å². The third-order valence-electron chi connectivity index (χ3n) is 6.18. The van der Waals surface area contributed by atoms with Gasteiger partial charge in [0.1, 0.15) is 11.6 Å². The van der Waals surface area contributed by atoms with Crippen LogP contribution in [0.25, 0.3) is 22.4 Å². The van der Waals surface area contributed by atoms with Crippen LogP contribution >= 0.6 is 0 Å². The molecule has 166 valence electrons. The fourth-order valence-electron chi connectivity index (χ4n) is 4.33. The highest BCUT2D eigenvalue weighted by Gasteiger charge is 2.22. The molecule has 0 spiro atoms. The van der Waals surface area contributed by atoms with E-state index >= 15 is 0 Å².